The maximum Gasteiger partial charge on any atom is 0.270 e. The summed E-state index contributed by atoms with van der Waals surface area (Å²) in [7, 11) is 1.65. The van der Waals surface area contributed by atoms with E-state index in [1.807, 2.05) is 35.2 Å². The molecule has 8 nitrogen and oxygen atoms in total. The lowest BCUT2D eigenvalue weighted by atomic mass is 10.0. The van der Waals surface area contributed by atoms with Gasteiger partial charge in [0, 0.05) is 83.3 Å². The molecule has 35 heavy (non-hydrogen) atoms. The highest BCUT2D eigenvalue weighted by molar-refractivity contribution is 5.89. The molecular formula is C25H29F2N7O. The van der Waals surface area contributed by atoms with Crippen molar-refractivity contribution in [1.29, 1.82) is 0 Å². The van der Waals surface area contributed by atoms with Gasteiger partial charge in [0.2, 0.25) is 5.91 Å². The number of benzene rings is 1. The van der Waals surface area contributed by atoms with Crippen LogP contribution in [0.3, 0.4) is 0 Å². The van der Waals surface area contributed by atoms with E-state index in [-0.39, 0.29) is 18.9 Å². The second kappa shape index (κ2) is 9.33. The standard InChI is InChI=1S/C25H29F2N7O/c1-17(35)33-11-13-34(14-12-33)19-5-3-18(4-6-19)20-15-21-23(30-10-9-29-21)24(31-20)32(2)22-16-28-8-7-25(22,26)27/h3-6,9-10,15,22,28H,7-8,11-14,16H2,1-2H3/t22-/m0/s1. The lowest BCUT2D eigenvalue weighted by Gasteiger charge is -2.38. The third-order valence-electron chi connectivity index (χ3n) is 6.95. The fourth-order valence-electron chi connectivity index (χ4n) is 4.85. The van der Waals surface area contributed by atoms with Crippen molar-refractivity contribution in [3.05, 3.63) is 42.7 Å². The van der Waals surface area contributed by atoms with Crippen molar-refractivity contribution in [2.24, 2.45) is 0 Å². The summed E-state index contributed by atoms with van der Waals surface area (Å²) in [6.45, 7) is 5.03. The summed E-state index contributed by atoms with van der Waals surface area (Å²) >= 11 is 0. The monoisotopic (exact) mass is 481 g/mol. The van der Waals surface area contributed by atoms with Crippen LogP contribution < -0.4 is 15.1 Å². The van der Waals surface area contributed by atoms with E-state index in [0.29, 0.717) is 42.2 Å². The molecule has 1 amide bonds. The van der Waals surface area contributed by atoms with Crippen molar-refractivity contribution in [3.63, 3.8) is 0 Å². The number of fused-ring (bicyclic) bond motifs is 1. The summed E-state index contributed by atoms with van der Waals surface area (Å²) < 4.78 is 29.5. The van der Waals surface area contributed by atoms with Crippen LogP contribution in [0.1, 0.15) is 13.3 Å². The number of piperazine rings is 1. The van der Waals surface area contributed by atoms with E-state index in [2.05, 4.69) is 20.2 Å². The number of hydrogen-bond donors (Lipinski definition) is 1. The fourth-order valence-corrected chi connectivity index (χ4v) is 4.85. The van der Waals surface area contributed by atoms with Gasteiger partial charge in [-0.1, -0.05) is 12.1 Å². The average molecular weight is 482 g/mol. The Morgan fingerprint density at radius 1 is 1.11 bits per heavy atom. The summed E-state index contributed by atoms with van der Waals surface area (Å²) in [4.78, 5) is 30.9. The van der Waals surface area contributed by atoms with Crippen LogP contribution in [0.25, 0.3) is 22.3 Å². The number of alkyl halides is 2. The topological polar surface area (TPSA) is 77.5 Å². The Balaban J connectivity index is 1.45. The Bertz CT molecular complexity index is 1210. The van der Waals surface area contributed by atoms with Crippen molar-refractivity contribution in [3.8, 4) is 11.3 Å². The van der Waals surface area contributed by atoms with E-state index in [0.717, 1.165) is 24.3 Å². The van der Waals surface area contributed by atoms with Crippen LogP contribution in [0.2, 0.25) is 0 Å². The maximum atomic E-state index is 14.7. The molecule has 3 aromatic rings. The number of carbonyl (C=O) groups excluding carboxylic acids is 1. The first kappa shape index (κ1) is 23.3. The Hall–Kier alpha value is -3.40. The van der Waals surface area contributed by atoms with Gasteiger partial charge in [-0.3, -0.25) is 9.78 Å². The Labute approximate surface area is 203 Å². The van der Waals surface area contributed by atoms with Gasteiger partial charge >= 0.3 is 0 Å². The molecule has 2 aliphatic heterocycles. The number of anilines is 2. The molecular weight excluding hydrogens is 452 g/mol. The zero-order chi connectivity index (χ0) is 24.6. The number of carbonyl (C=O) groups is 1. The van der Waals surface area contributed by atoms with Crippen molar-refractivity contribution in [2.75, 3.05) is 56.1 Å². The van der Waals surface area contributed by atoms with Gasteiger partial charge in [0.15, 0.2) is 5.82 Å². The lowest BCUT2D eigenvalue weighted by molar-refractivity contribution is -0.129. The number of hydrogen-bond acceptors (Lipinski definition) is 7. The summed E-state index contributed by atoms with van der Waals surface area (Å²) in [6.07, 6.45) is 2.93. The highest BCUT2D eigenvalue weighted by Gasteiger charge is 2.44. The molecule has 1 atom stereocenters. The Kier molecular flexibility index (Phi) is 6.22. The minimum absolute atomic E-state index is 0.105. The molecule has 0 saturated carbocycles. The summed E-state index contributed by atoms with van der Waals surface area (Å²) in [6, 6.07) is 8.85. The second-order valence-electron chi connectivity index (χ2n) is 9.14. The molecule has 0 aliphatic carbocycles. The van der Waals surface area contributed by atoms with Gasteiger partial charge in [0.25, 0.3) is 5.92 Å². The number of aromatic nitrogens is 3. The molecule has 5 rings (SSSR count). The van der Waals surface area contributed by atoms with Gasteiger partial charge in [-0.25, -0.2) is 18.7 Å². The first-order chi connectivity index (χ1) is 16.8. The number of nitrogens with zero attached hydrogens (tertiary/aromatic N) is 6. The normalized spacial score (nSPS) is 20.2. The van der Waals surface area contributed by atoms with Crippen LogP contribution in [0.4, 0.5) is 20.3 Å². The average Bonchev–Trinajstić information content (AvgIpc) is 2.87. The summed E-state index contributed by atoms with van der Waals surface area (Å²) in [5.41, 5.74) is 3.70. The van der Waals surface area contributed by atoms with Crippen LogP contribution >= 0.6 is 0 Å². The van der Waals surface area contributed by atoms with Crippen LogP contribution in [-0.4, -0.2) is 84.0 Å². The third kappa shape index (κ3) is 4.62. The molecule has 2 aliphatic rings. The first-order valence-corrected chi connectivity index (χ1v) is 11.9. The maximum absolute atomic E-state index is 14.7. The molecule has 1 aromatic carbocycles. The van der Waals surface area contributed by atoms with Gasteiger partial charge in [-0.2, -0.15) is 0 Å². The predicted molar refractivity (Wildman–Crippen MR) is 132 cm³/mol. The molecule has 2 fully saturated rings. The third-order valence-corrected chi connectivity index (χ3v) is 6.95. The molecule has 2 aromatic heterocycles. The summed E-state index contributed by atoms with van der Waals surface area (Å²) in [5.74, 6) is -2.34. The van der Waals surface area contributed by atoms with Gasteiger partial charge in [0.05, 0.1) is 11.2 Å². The van der Waals surface area contributed by atoms with Gasteiger partial charge in [-0.05, 0) is 18.2 Å². The largest absolute Gasteiger partial charge is 0.368 e. The first-order valence-electron chi connectivity index (χ1n) is 11.9. The second-order valence-corrected chi connectivity index (χ2v) is 9.14. The molecule has 10 heteroatoms. The van der Waals surface area contributed by atoms with Crippen molar-refractivity contribution < 1.29 is 13.6 Å². The Morgan fingerprint density at radius 2 is 1.83 bits per heavy atom. The quantitative estimate of drug-likeness (QED) is 0.614. The van der Waals surface area contributed by atoms with Crippen molar-refractivity contribution >= 4 is 28.4 Å². The van der Waals surface area contributed by atoms with Crippen LogP contribution in [0, 0.1) is 0 Å². The number of nitrogens with one attached hydrogen (secondary N) is 1. The molecule has 1 N–H and O–H groups in total. The molecule has 0 radical (unpaired) electrons. The van der Waals surface area contributed by atoms with E-state index in [1.54, 1.807) is 26.4 Å². The minimum atomic E-state index is -2.83. The molecule has 0 spiro atoms. The minimum Gasteiger partial charge on any atom is -0.368 e. The number of pyridine rings is 1. The lowest BCUT2D eigenvalue weighted by Crippen LogP contribution is -2.57. The van der Waals surface area contributed by atoms with E-state index in [9.17, 15) is 13.6 Å². The van der Waals surface area contributed by atoms with Crippen molar-refractivity contribution in [1.82, 2.24) is 25.2 Å². The fraction of sp³-hybridized carbons (Fsp3) is 0.440. The van der Waals surface area contributed by atoms with Crippen molar-refractivity contribution in [2.45, 2.75) is 25.3 Å². The smallest absolute Gasteiger partial charge is 0.270 e. The zero-order valence-electron chi connectivity index (χ0n) is 19.9. The van der Waals surface area contributed by atoms with E-state index < -0.39 is 12.0 Å². The highest BCUT2D eigenvalue weighted by atomic mass is 19.3. The van der Waals surface area contributed by atoms with E-state index in [4.69, 9.17) is 4.98 Å². The SMILES string of the molecule is CC(=O)N1CCN(c2ccc(-c3cc4nccnc4c(N(C)[C@H]4CNCCC4(F)F)n3)cc2)CC1. The van der Waals surface area contributed by atoms with Gasteiger partial charge in [0.1, 0.15) is 11.6 Å². The predicted octanol–water partition coefficient (Wildman–Crippen LogP) is 2.79. The highest BCUT2D eigenvalue weighted by Crippen LogP contribution is 2.34. The molecule has 2 saturated heterocycles. The zero-order valence-corrected chi connectivity index (χ0v) is 19.9. The van der Waals surface area contributed by atoms with E-state index >= 15 is 0 Å². The van der Waals surface area contributed by atoms with Gasteiger partial charge in [-0.15, -0.1) is 0 Å². The molecule has 184 valence electrons. The van der Waals surface area contributed by atoms with E-state index in [1.165, 1.54) is 4.90 Å². The molecule has 0 bridgehead atoms. The Morgan fingerprint density at radius 3 is 2.51 bits per heavy atom. The number of amides is 1. The summed E-state index contributed by atoms with van der Waals surface area (Å²) in [5, 5.41) is 3.07. The van der Waals surface area contributed by atoms with Crippen LogP contribution in [0.15, 0.2) is 42.7 Å². The molecule has 4 heterocycles. The van der Waals surface area contributed by atoms with Crippen LogP contribution in [0.5, 0.6) is 0 Å². The molecule has 0 unspecified atom stereocenters. The number of rotatable bonds is 4. The number of halogens is 2. The van der Waals surface area contributed by atoms with Crippen LogP contribution in [-0.2, 0) is 4.79 Å². The number of piperidine rings is 1. The number of likely N-dealkylation sites (N-methyl/N-ethyl adjacent to an activating group) is 1. The van der Waals surface area contributed by atoms with Gasteiger partial charge < -0.3 is 20.0 Å².